The van der Waals surface area contributed by atoms with Crippen molar-refractivity contribution in [2.75, 3.05) is 4.90 Å². The zero-order chi connectivity index (χ0) is 16.5. The van der Waals surface area contributed by atoms with Crippen LogP contribution in [-0.4, -0.2) is 6.71 Å². The van der Waals surface area contributed by atoms with Crippen molar-refractivity contribution in [3.63, 3.8) is 0 Å². The van der Waals surface area contributed by atoms with Gasteiger partial charge in [0, 0.05) is 17.1 Å². The van der Waals surface area contributed by atoms with Crippen LogP contribution in [0.4, 0.5) is 17.1 Å². The van der Waals surface area contributed by atoms with Crippen LogP contribution in [0.2, 0.25) is 20.5 Å². The zero-order valence-electron chi connectivity index (χ0n) is 14.2. The van der Waals surface area contributed by atoms with Crippen LogP contribution in [0.25, 0.3) is 0 Å². The Morgan fingerprint density at radius 1 is 0.478 bits per heavy atom. The molecule has 0 spiro atoms. The Bertz CT molecular complexity index is 569. The van der Waals surface area contributed by atoms with Gasteiger partial charge in [-0.05, 0) is 36.4 Å². The highest BCUT2D eigenvalue weighted by Gasteiger charge is 2.10. The van der Waals surface area contributed by atoms with Crippen molar-refractivity contribution in [3.05, 3.63) is 91.0 Å². The monoisotopic (exact) mass is 301 g/mol. The topological polar surface area (TPSA) is 3.24 Å². The maximum absolute atomic E-state index is 2.25. The van der Waals surface area contributed by atoms with E-state index in [4.69, 9.17) is 0 Å². The summed E-state index contributed by atoms with van der Waals surface area (Å²) >= 11 is 0. The maximum atomic E-state index is 2.25. The Morgan fingerprint density at radius 3 is 0.913 bits per heavy atom. The number of hydrogen-bond acceptors (Lipinski definition) is 1. The second-order valence-corrected chi connectivity index (χ2v) is 6.07. The molecule has 116 valence electrons. The van der Waals surface area contributed by atoms with Gasteiger partial charge in [-0.1, -0.05) is 75.1 Å². The standard InChI is InChI=1S/C18H15N.C3H9B/c1-4-10-16(11-5-1)19(17-12-6-2-7-13-17)18-14-8-3-9-15-18;1-4(2)3/h1-15H;1-3H3. The lowest BCUT2D eigenvalue weighted by molar-refractivity contribution is 1.28. The molecular formula is C21H24BN. The minimum absolute atomic E-state index is 0.833. The lowest BCUT2D eigenvalue weighted by atomic mass is 9.58. The summed E-state index contributed by atoms with van der Waals surface area (Å²) in [6.45, 7) is 7.33. The van der Waals surface area contributed by atoms with E-state index < -0.39 is 0 Å². The molecule has 0 fully saturated rings. The average molecular weight is 301 g/mol. The SMILES string of the molecule is CB(C)C.c1ccc(N(c2ccccc2)c2ccccc2)cc1. The Labute approximate surface area is 140 Å². The average Bonchev–Trinajstić information content (AvgIpc) is 2.58. The van der Waals surface area contributed by atoms with Crippen molar-refractivity contribution in [2.45, 2.75) is 20.5 Å². The van der Waals surface area contributed by atoms with Gasteiger partial charge in [-0.25, -0.2) is 0 Å². The predicted molar refractivity (Wildman–Crippen MR) is 104 cm³/mol. The first-order valence-electron chi connectivity index (χ1n) is 8.13. The van der Waals surface area contributed by atoms with E-state index in [9.17, 15) is 0 Å². The molecule has 0 aliphatic rings. The first kappa shape index (κ1) is 16.9. The van der Waals surface area contributed by atoms with E-state index in [-0.39, 0.29) is 0 Å². The summed E-state index contributed by atoms with van der Waals surface area (Å²) in [5, 5.41) is 0. The fourth-order valence-corrected chi connectivity index (χ4v) is 2.18. The molecule has 0 heterocycles. The first-order valence-corrected chi connectivity index (χ1v) is 8.13. The largest absolute Gasteiger partial charge is 0.311 e. The summed E-state index contributed by atoms with van der Waals surface area (Å²) in [4.78, 5) is 2.25. The molecule has 3 aromatic rings. The van der Waals surface area contributed by atoms with Crippen LogP contribution in [0, 0.1) is 0 Å². The van der Waals surface area contributed by atoms with Crippen LogP contribution in [-0.2, 0) is 0 Å². The van der Waals surface area contributed by atoms with Gasteiger partial charge in [0.25, 0.3) is 0 Å². The Balaban J connectivity index is 0.000000433. The molecule has 0 saturated heterocycles. The van der Waals surface area contributed by atoms with Gasteiger partial charge >= 0.3 is 0 Å². The minimum Gasteiger partial charge on any atom is -0.311 e. The van der Waals surface area contributed by atoms with Gasteiger partial charge < -0.3 is 4.90 Å². The fraction of sp³-hybridized carbons (Fsp3) is 0.143. The van der Waals surface area contributed by atoms with Crippen LogP contribution >= 0.6 is 0 Å². The summed E-state index contributed by atoms with van der Waals surface area (Å²) in [7, 11) is 0. The summed E-state index contributed by atoms with van der Waals surface area (Å²) < 4.78 is 0. The normalized spacial score (nSPS) is 9.52. The molecule has 0 aliphatic carbocycles. The number of benzene rings is 3. The third-order valence-electron chi connectivity index (χ3n) is 3.04. The van der Waals surface area contributed by atoms with E-state index in [1.165, 1.54) is 17.1 Å². The first-order chi connectivity index (χ1) is 11.2. The molecule has 0 unspecified atom stereocenters. The Kier molecular flexibility index (Phi) is 6.49. The van der Waals surface area contributed by atoms with Crippen LogP contribution in [0.3, 0.4) is 0 Å². The van der Waals surface area contributed by atoms with E-state index >= 15 is 0 Å². The van der Waals surface area contributed by atoms with Gasteiger partial charge in [-0.2, -0.15) is 0 Å². The molecule has 0 amide bonds. The molecule has 2 heteroatoms. The van der Waals surface area contributed by atoms with Gasteiger partial charge in [-0.3, -0.25) is 0 Å². The van der Waals surface area contributed by atoms with E-state index in [2.05, 4.69) is 98.2 Å². The van der Waals surface area contributed by atoms with E-state index in [0.717, 1.165) is 6.71 Å². The predicted octanol–water partition coefficient (Wildman–Crippen LogP) is 6.53. The lowest BCUT2D eigenvalue weighted by Crippen LogP contribution is -2.09. The highest BCUT2D eigenvalue weighted by Crippen LogP contribution is 2.33. The maximum Gasteiger partial charge on any atom is 0.130 e. The van der Waals surface area contributed by atoms with Crippen LogP contribution < -0.4 is 4.90 Å². The number of rotatable bonds is 3. The number of para-hydroxylation sites is 3. The molecule has 3 aromatic carbocycles. The number of anilines is 3. The number of hydrogen-bond donors (Lipinski definition) is 0. The van der Waals surface area contributed by atoms with Crippen LogP contribution in [0.15, 0.2) is 91.0 Å². The Morgan fingerprint density at radius 2 is 0.696 bits per heavy atom. The third-order valence-corrected chi connectivity index (χ3v) is 3.04. The van der Waals surface area contributed by atoms with Crippen LogP contribution in [0.5, 0.6) is 0 Å². The van der Waals surface area contributed by atoms with Crippen molar-refractivity contribution in [3.8, 4) is 0 Å². The summed E-state index contributed by atoms with van der Waals surface area (Å²) in [6, 6.07) is 31.3. The number of nitrogens with zero attached hydrogens (tertiary/aromatic N) is 1. The summed E-state index contributed by atoms with van der Waals surface area (Å²) in [5.74, 6) is 0. The zero-order valence-corrected chi connectivity index (χ0v) is 14.2. The van der Waals surface area contributed by atoms with E-state index in [1.54, 1.807) is 0 Å². The van der Waals surface area contributed by atoms with Crippen molar-refractivity contribution >= 4 is 23.8 Å². The molecular weight excluding hydrogens is 277 g/mol. The minimum atomic E-state index is 0.833. The third kappa shape index (κ3) is 5.34. The molecule has 0 bridgehead atoms. The van der Waals surface area contributed by atoms with Gasteiger partial charge in [0.05, 0.1) is 0 Å². The molecule has 23 heavy (non-hydrogen) atoms. The highest BCUT2D eigenvalue weighted by molar-refractivity contribution is 6.54. The molecule has 0 atom stereocenters. The second kappa shape index (κ2) is 8.84. The molecule has 0 aliphatic heterocycles. The summed E-state index contributed by atoms with van der Waals surface area (Å²) in [6.07, 6.45) is 0. The molecule has 0 aromatic heterocycles. The van der Waals surface area contributed by atoms with E-state index in [1.807, 2.05) is 18.2 Å². The van der Waals surface area contributed by atoms with Crippen molar-refractivity contribution in [1.29, 1.82) is 0 Å². The molecule has 0 N–H and O–H groups in total. The fourth-order valence-electron chi connectivity index (χ4n) is 2.18. The van der Waals surface area contributed by atoms with Gasteiger partial charge in [0.1, 0.15) is 6.71 Å². The van der Waals surface area contributed by atoms with Gasteiger partial charge in [0.2, 0.25) is 0 Å². The van der Waals surface area contributed by atoms with Crippen LogP contribution in [0.1, 0.15) is 0 Å². The van der Waals surface area contributed by atoms with Crippen molar-refractivity contribution in [1.82, 2.24) is 0 Å². The quantitative estimate of drug-likeness (QED) is 0.497. The summed E-state index contributed by atoms with van der Waals surface area (Å²) in [5.41, 5.74) is 3.50. The second-order valence-electron chi connectivity index (χ2n) is 6.07. The van der Waals surface area contributed by atoms with Gasteiger partial charge in [0.15, 0.2) is 0 Å². The molecule has 0 saturated carbocycles. The lowest BCUT2D eigenvalue weighted by Gasteiger charge is -2.25. The van der Waals surface area contributed by atoms with Gasteiger partial charge in [-0.15, -0.1) is 0 Å². The van der Waals surface area contributed by atoms with E-state index in [0.29, 0.717) is 0 Å². The Hall–Kier alpha value is -2.48. The smallest absolute Gasteiger partial charge is 0.130 e. The molecule has 3 rings (SSSR count). The highest BCUT2D eigenvalue weighted by atomic mass is 15.1. The van der Waals surface area contributed by atoms with Crippen molar-refractivity contribution < 1.29 is 0 Å². The van der Waals surface area contributed by atoms with Crippen molar-refractivity contribution in [2.24, 2.45) is 0 Å². The molecule has 1 nitrogen and oxygen atoms in total. The molecule has 0 radical (unpaired) electrons.